The van der Waals surface area contributed by atoms with Gasteiger partial charge in [0.2, 0.25) is 5.95 Å². The van der Waals surface area contributed by atoms with Gasteiger partial charge in [0.15, 0.2) is 0 Å². The maximum absolute atomic E-state index is 5.94. The number of hydrogen-bond donors (Lipinski definition) is 3. The van der Waals surface area contributed by atoms with E-state index >= 15 is 0 Å². The molecule has 134 valence electrons. The normalized spacial score (nSPS) is 10.9. The van der Waals surface area contributed by atoms with E-state index in [1.807, 2.05) is 44.3 Å². The Balaban J connectivity index is 1.93. The van der Waals surface area contributed by atoms with E-state index in [2.05, 4.69) is 31.3 Å². The zero-order valence-electron chi connectivity index (χ0n) is 15.1. The second-order valence-corrected chi connectivity index (χ2v) is 6.22. The first-order valence-corrected chi connectivity index (χ1v) is 8.50. The molecule has 0 spiro atoms. The highest BCUT2D eigenvalue weighted by Gasteiger charge is 2.15. The van der Waals surface area contributed by atoms with Gasteiger partial charge in [0, 0.05) is 35.3 Å². The number of fused-ring (bicyclic) bond motifs is 1. The molecule has 0 atom stereocenters. The second-order valence-electron chi connectivity index (χ2n) is 6.22. The van der Waals surface area contributed by atoms with Crippen molar-refractivity contribution < 1.29 is 0 Å². The zero-order chi connectivity index (χ0) is 19.0. The third kappa shape index (κ3) is 3.10. The van der Waals surface area contributed by atoms with Gasteiger partial charge >= 0.3 is 0 Å². The molecule has 3 heterocycles. The third-order valence-corrected chi connectivity index (χ3v) is 4.40. The van der Waals surface area contributed by atoms with Crippen LogP contribution in [0, 0.1) is 6.92 Å². The predicted molar refractivity (Wildman–Crippen MR) is 109 cm³/mol. The molecule has 7 nitrogen and oxygen atoms in total. The van der Waals surface area contributed by atoms with Crippen LogP contribution in [0.1, 0.15) is 5.69 Å². The molecule has 0 bridgehead atoms. The summed E-state index contributed by atoms with van der Waals surface area (Å²) >= 11 is 0. The Morgan fingerprint density at radius 3 is 2.44 bits per heavy atom. The van der Waals surface area contributed by atoms with Crippen molar-refractivity contribution in [2.45, 2.75) is 6.92 Å². The summed E-state index contributed by atoms with van der Waals surface area (Å²) in [5.41, 5.74) is 16.8. The van der Waals surface area contributed by atoms with Gasteiger partial charge in [-0.05, 0) is 43.3 Å². The van der Waals surface area contributed by atoms with Crippen LogP contribution in [-0.4, -0.2) is 27.0 Å². The van der Waals surface area contributed by atoms with Crippen molar-refractivity contribution in [2.24, 2.45) is 0 Å². The Morgan fingerprint density at radius 1 is 0.889 bits per heavy atom. The van der Waals surface area contributed by atoms with E-state index in [4.69, 9.17) is 11.5 Å². The highest BCUT2D eigenvalue weighted by atomic mass is 15.0. The summed E-state index contributed by atoms with van der Waals surface area (Å²) in [6, 6.07) is 13.7. The number of pyridine rings is 2. The zero-order valence-corrected chi connectivity index (χ0v) is 15.1. The Bertz CT molecular complexity index is 1140. The molecule has 7 heteroatoms. The van der Waals surface area contributed by atoms with E-state index in [-0.39, 0.29) is 5.95 Å². The molecule has 0 radical (unpaired) electrons. The fourth-order valence-electron chi connectivity index (χ4n) is 3.11. The van der Waals surface area contributed by atoms with Crippen LogP contribution in [-0.2, 0) is 0 Å². The molecule has 0 unspecified atom stereocenters. The maximum atomic E-state index is 5.94. The number of nitrogens with zero attached hydrogens (tertiary/aromatic N) is 4. The minimum Gasteiger partial charge on any atom is -0.384 e. The quantitative estimate of drug-likeness (QED) is 0.515. The Kier molecular flexibility index (Phi) is 4.04. The van der Waals surface area contributed by atoms with Crippen LogP contribution in [0.5, 0.6) is 0 Å². The largest absolute Gasteiger partial charge is 0.384 e. The van der Waals surface area contributed by atoms with Gasteiger partial charge in [0.1, 0.15) is 11.6 Å². The average Bonchev–Trinajstić information content (AvgIpc) is 2.67. The van der Waals surface area contributed by atoms with E-state index in [9.17, 15) is 0 Å². The van der Waals surface area contributed by atoms with Gasteiger partial charge in [-0.2, -0.15) is 0 Å². The molecule has 1 aromatic carbocycles. The smallest absolute Gasteiger partial charge is 0.220 e. The number of anilines is 3. The minimum absolute atomic E-state index is 0.235. The van der Waals surface area contributed by atoms with Gasteiger partial charge in [-0.15, -0.1) is 0 Å². The molecule has 0 amide bonds. The lowest BCUT2D eigenvalue weighted by Gasteiger charge is -2.13. The number of hydrogen-bond acceptors (Lipinski definition) is 7. The maximum Gasteiger partial charge on any atom is 0.220 e. The van der Waals surface area contributed by atoms with Crippen LogP contribution >= 0.6 is 0 Å². The first-order chi connectivity index (χ1) is 13.0. The summed E-state index contributed by atoms with van der Waals surface area (Å²) in [5, 5.41) is 4.07. The van der Waals surface area contributed by atoms with Crippen molar-refractivity contribution in [1.29, 1.82) is 0 Å². The van der Waals surface area contributed by atoms with E-state index < -0.39 is 0 Å². The Labute approximate surface area is 156 Å². The van der Waals surface area contributed by atoms with Crippen molar-refractivity contribution in [3.8, 4) is 22.4 Å². The molecule has 0 saturated carbocycles. The number of nitrogen functional groups attached to an aromatic ring is 2. The molecular formula is C20H19N7. The molecule has 3 aromatic heterocycles. The van der Waals surface area contributed by atoms with Crippen LogP contribution in [0.15, 0.2) is 48.7 Å². The van der Waals surface area contributed by atoms with E-state index in [0.717, 1.165) is 44.8 Å². The number of nitrogens with two attached hydrogens (primary N) is 2. The Morgan fingerprint density at radius 2 is 1.70 bits per heavy atom. The van der Waals surface area contributed by atoms with Crippen LogP contribution < -0.4 is 16.8 Å². The van der Waals surface area contributed by atoms with Gasteiger partial charge in [-0.1, -0.05) is 6.07 Å². The lowest BCUT2D eigenvalue weighted by atomic mass is 9.98. The van der Waals surface area contributed by atoms with Crippen LogP contribution in [0.25, 0.3) is 33.3 Å². The summed E-state index contributed by atoms with van der Waals surface area (Å²) in [4.78, 5) is 17.6. The number of aromatic nitrogens is 4. The Hall–Kier alpha value is -3.74. The highest BCUT2D eigenvalue weighted by molar-refractivity contribution is 5.89. The third-order valence-electron chi connectivity index (χ3n) is 4.40. The lowest BCUT2D eigenvalue weighted by molar-refractivity contribution is 1.12. The first-order valence-electron chi connectivity index (χ1n) is 8.50. The standard InChI is InChI=1S/C20H19N7/c1-11-18(14-4-7-16(21)24-10-14)19(27-20(22)25-11)13-3-6-15-12(9-13)5-8-17(23-2)26-15/h3-10H,1-2H3,(H2,21,24)(H,23,26)(H2,22,25,27). The van der Waals surface area contributed by atoms with Gasteiger partial charge < -0.3 is 16.8 Å². The van der Waals surface area contributed by atoms with Crippen molar-refractivity contribution in [2.75, 3.05) is 23.8 Å². The lowest BCUT2D eigenvalue weighted by Crippen LogP contribution is -2.03. The van der Waals surface area contributed by atoms with Crippen LogP contribution in [0.3, 0.4) is 0 Å². The topological polar surface area (TPSA) is 116 Å². The first kappa shape index (κ1) is 16.7. The fraction of sp³-hybridized carbons (Fsp3) is 0.100. The van der Waals surface area contributed by atoms with Gasteiger partial charge in [-0.25, -0.2) is 19.9 Å². The number of rotatable bonds is 3. The van der Waals surface area contributed by atoms with Crippen molar-refractivity contribution >= 4 is 28.5 Å². The summed E-state index contributed by atoms with van der Waals surface area (Å²) in [6.45, 7) is 1.91. The fourth-order valence-corrected chi connectivity index (χ4v) is 3.11. The molecule has 4 aromatic rings. The molecule has 0 aliphatic heterocycles. The van der Waals surface area contributed by atoms with E-state index in [0.29, 0.717) is 5.82 Å². The predicted octanol–water partition coefficient (Wildman–Crippen LogP) is 3.27. The molecular weight excluding hydrogens is 338 g/mol. The van der Waals surface area contributed by atoms with Crippen LogP contribution in [0.4, 0.5) is 17.6 Å². The molecule has 4 rings (SSSR count). The molecule has 0 fully saturated rings. The highest BCUT2D eigenvalue weighted by Crippen LogP contribution is 2.34. The summed E-state index contributed by atoms with van der Waals surface area (Å²) in [5.74, 6) is 1.52. The average molecular weight is 357 g/mol. The summed E-state index contributed by atoms with van der Waals surface area (Å²) in [6.07, 6.45) is 1.72. The van der Waals surface area contributed by atoms with Crippen molar-refractivity contribution in [3.63, 3.8) is 0 Å². The van der Waals surface area contributed by atoms with Crippen molar-refractivity contribution in [1.82, 2.24) is 19.9 Å². The van der Waals surface area contributed by atoms with Crippen molar-refractivity contribution in [3.05, 3.63) is 54.4 Å². The molecule has 0 aliphatic rings. The van der Waals surface area contributed by atoms with E-state index in [1.165, 1.54) is 0 Å². The molecule has 0 aliphatic carbocycles. The second kappa shape index (κ2) is 6.53. The molecule has 5 N–H and O–H groups in total. The minimum atomic E-state index is 0.235. The monoisotopic (exact) mass is 357 g/mol. The van der Waals surface area contributed by atoms with Gasteiger partial charge in [-0.3, -0.25) is 0 Å². The summed E-state index contributed by atoms with van der Waals surface area (Å²) in [7, 11) is 1.85. The number of benzene rings is 1. The summed E-state index contributed by atoms with van der Waals surface area (Å²) < 4.78 is 0. The molecule has 27 heavy (non-hydrogen) atoms. The van der Waals surface area contributed by atoms with Gasteiger partial charge in [0.05, 0.1) is 16.9 Å². The molecule has 0 saturated heterocycles. The van der Waals surface area contributed by atoms with Crippen LogP contribution in [0.2, 0.25) is 0 Å². The number of nitrogens with one attached hydrogen (secondary N) is 1. The number of aryl methyl sites for hydroxylation is 1. The SMILES string of the molecule is CNc1ccc2cc(-c3nc(N)nc(C)c3-c3ccc(N)nc3)ccc2n1. The van der Waals surface area contributed by atoms with E-state index in [1.54, 1.807) is 12.3 Å². The van der Waals surface area contributed by atoms with Gasteiger partial charge in [0.25, 0.3) is 0 Å².